The molecule has 0 radical (unpaired) electrons. The van der Waals surface area contributed by atoms with Crippen molar-refractivity contribution in [1.29, 1.82) is 0 Å². The monoisotopic (exact) mass is 478 g/mol. The molecule has 3 atom stereocenters. The van der Waals surface area contributed by atoms with E-state index in [1.807, 2.05) is 0 Å². The number of halogens is 1. The third kappa shape index (κ3) is 6.51. The van der Waals surface area contributed by atoms with Gasteiger partial charge in [-0.2, -0.15) is 0 Å². The van der Waals surface area contributed by atoms with Crippen molar-refractivity contribution in [2.24, 2.45) is 10.9 Å². The van der Waals surface area contributed by atoms with Crippen LogP contribution in [0.1, 0.15) is 71.1 Å². The highest BCUT2D eigenvalue weighted by molar-refractivity contribution is 14.0. The van der Waals surface area contributed by atoms with Gasteiger partial charge >= 0.3 is 0 Å². The van der Waals surface area contributed by atoms with Crippen LogP contribution in [0.25, 0.3) is 0 Å². The van der Waals surface area contributed by atoms with Crippen LogP contribution in [0.2, 0.25) is 0 Å². The molecule has 0 aromatic rings. The molecule has 1 aliphatic heterocycles. The number of aliphatic imine (C=N–C) groups is 1. The Morgan fingerprint density at radius 2 is 1.85 bits per heavy atom. The molecule has 0 aromatic heterocycles. The van der Waals surface area contributed by atoms with Gasteiger partial charge in [0.15, 0.2) is 5.96 Å². The quantitative estimate of drug-likeness (QED) is 0.323. The van der Waals surface area contributed by atoms with Gasteiger partial charge in [0, 0.05) is 37.6 Å². The number of hydrogen-bond acceptors (Lipinski definition) is 3. The van der Waals surface area contributed by atoms with Gasteiger partial charge in [-0.15, -0.1) is 24.0 Å². The Morgan fingerprint density at radius 1 is 1.04 bits per heavy atom. The molecule has 3 aliphatic rings. The van der Waals surface area contributed by atoms with Crippen molar-refractivity contribution in [3.05, 3.63) is 0 Å². The molecular weight excluding hydrogens is 439 g/mol. The Morgan fingerprint density at radius 3 is 2.54 bits per heavy atom. The van der Waals surface area contributed by atoms with E-state index in [-0.39, 0.29) is 30.1 Å². The number of aliphatic hydroxyl groups is 1. The molecule has 0 spiro atoms. The molecule has 0 amide bonds. The van der Waals surface area contributed by atoms with Crippen molar-refractivity contribution in [3.63, 3.8) is 0 Å². The molecule has 3 unspecified atom stereocenters. The van der Waals surface area contributed by atoms with Gasteiger partial charge in [-0.05, 0) is 52.0 Å². The minimum Gasteiger partial charge on any atom is -0.393 e. The molecule has 3 rings (SSSR count). The lowest BCUT2D eigenvalue weighted by Gasteiger charge is -2.40. The molecule has 3 fully saturated rings. The molecule has 0 bridgehead atoms. The van der Waals surface area contributed by atoms with Crippen LogP contribution in [0.4, 0.5) is 0 Å². The van der Waals surface area contributed by atoms with Crippen LogP contribution in [-0.4, -0.2) is 60.3 Å². The predicted octanol–water partition coefficient (Wildman–Crippen LogP) is 3.12. The van der Waals surface area contributed by atoms with Crippen molar-refractivity contribution in [2.45, 2.75) is 89.3 Å². The molecule has 2 saturated carbocycles. The molecular formula is C20H39IN4O. The van der Waals surface area contributed by atoms with E-state index in [1.54, 1.807) is 0 Å². The first kappa shape index (κ1) is 22.2. The van der Waals surface area contributed by atoms with E-state index in [4.69, 9.17) is 4.99 Å². The summed E-state index contributed by atoms with van der Waals surface area (Å²) in [4.78, 5) is 7.52. The first-order valence-electron chi connectivity index (χ1n) is 10.7. The Kier molecular flexibility index (Phi) is 9.99. The number of hydrogen-bond donors (Lipinski definition) is 3. The average molecular weight is 478 g/mol. The summed E-state index contributed by atoms with van der Waals surface area (Å²) in [7, 11) is 0. The summed E-state index contributed by atoms with van der Waals surface area (Å²) in [5.74, 6) is 1.29. The van der Waals surface area contributed by atoms with E-state index < -0.39 is 0 Å². The van der Waals surface area contributed by atoms with Crippen molar-refractivity contribution < 1.29 is 5.11 Å². The highest BCUT2D eigenvalue weighted by Crippen LogP contribution is 2.26. The molecule has 5 nitrogen and oxygen atoms in total. The number of piperidine rings is 1. The van der Waals surface area contributed by atoms with Crippen LogP contribution >= 0.6 is 24.0 Å². The second-order valence-corrected chi connectivity index (χ2v) is 8.25. The fourth-order valence-corrected chi connectivity index (χ4v) is 4.85. The topological polar surface area (TPSA) is 59.9 Å². The fourth-order valence-electron chi connectivity index (χ4n) is 4.85. The maximum Gasteiger partial charge on any atom is 0.191 e. The number of nitrogens with one attached hydrogen (secondary N) is 2. The lowest BCUT2D eigenvalue weighted by atomic mass is 9.92. The van der Waals surface area contributed by atoms with Gasteiger partial charge in [-0.3, -0.25) is 9.89 Å². The minimum atomic E-state index is -0.150. The van der Waals surface area contributed by atoms with Crippen molar-refractivity contribution >= 4 is 29.9 Å². The van der Waals surface area contributed by atoms with Gasteiger partial charge in [0.2, 0.25) is 0 Å². The Bertz CT molecular complexity index is 428. The Labute approximate surface area is 176 Å². The smallest absolute Gasteiger partial charge is 0.191 e. The van der Waals surface area contributed by atoms with Gasteiger partial charge < -0.3 is 15.7 Å². The molecule has 2 aliphatic carbocycles. The first-order chi connectivity index (χ1) is 12.3. The lowest BCUT2D eigenvalue weighted by Crippen LogP contribution is -2.53. The molecule has 0 aromatic carbocycles. The number of guanidine groups is 1. The number of nitrogens with zero attached hydrogens (tertiary/aromatic N) is 2. The summed E-state index contributed by atoms with van der Waals surface area (Å²) in [6, 6.07) is 1.31. The third-order valence-corrected chi connectivity index (χ3v) is 6.33. The van der Waals surface area contributed by atoms with Crippen LogP contribution in [0.5, 0.6) is 0 Å². The van der Waals surface area contributed by atoms with E-state index in [2.05, 4.69) is 22.5 Å². The first-order valence-corrected chi connectivity index (χ1v) is 10.7. The summed E-state index contributed by atoms with van der Waals surface area (Å²) < 4.78 is 0. The molecule has 26 heavy (non-hydrogen) atoms. The molecule has 152 valence electrons. The summed E-state index contributed by atoms with van der Waals surface area (Å²) in [6.45, 7) is 6.18. The van der Waals surface area contributed by atoms with Gasteiger partial charge in [0.05, 0.1) is 6.10 Å². The number of aliphatic hydroxyl groups excluding tert-OH is 1. The Hall–Kier alpha value is -0.0800. The van der Waals surface area contributed by atoms with E-state index in [1.165, 1.54) is 51.5 Å². The van der Waals surface area contributed by atoms with Crippen LogP contribution in [0, 0.1) is 5.92 Å². The van der Waals surface area contributed by atoms with Crippen LogP contribution in [0.3, 0.4) is 0 Å². The Balaban J connectivity index is 0.00000243. The van der Waals surface area contributed by atoms with E-state index >= 15 is 0 Å². The average Bonchev–Trinajstić information content (AvgIpc) is 3.06. The molecule has 6 heteroatoms. The predicted molar refractivity (Wildman–Crippen MR) is 119 cm³/mol. The number of rotatable bonds is 5. The van der Waals surface area contributed by atoms with Crippen molar-refractivity contribution in [1.82, 2.24) is 15.5 Å². The van der Waals surface area contributed by atoms with Gasteiger partial charge in [0.25, 0.3) is 0 Å². The normalized spacial score (nSPS) is 31.5. The van der Waals surface area contributed by atoms with Gasteiger partial charge in [0.1, 0.15) is 0 Å². The fraction of sp³-hybridized carbons (Fsp3) is 0.950. The molecule has 1 saturated heterocycles. The van der Waals surface area contributed by atoms with E-state index in [9.17, 15) is 5.11 Å². The SMILES string of the molecule is CCNC(=NCC1CCCC1O)NC1CCCN(C2CCCCC2)C1.I. The van der Waals surface area contributed by atoms with Gasteiger partial charge in [-0.25, -0.2) is 0 Å². The minimum absolute atomic E-state index is 0. The van der Waals surface area contributed by atoms with E-state index in [0.29, 0.717) is 12.0 Å². The lowest BCUT2D eigenvalue weighted by molar-refractivity contribution is 0.115. The number of likely N-dealkylation sites (tertiary alicyclic amines) is 1. The zero-order valence-corrected chi connectivity index (χ0v) is 18.8. The standard InChI is InChI=1S/C20H38N4O.HI/c1-2-21-20(22-14-16-8-6-12-19(16)25)23-17-9-7-13-24(15-17)18-10-4-3-5-11-18;/h16-19,25H,2-15H2,1H3,(H2,21,22,23);1H. The van der Waals surface area contributed by atoms with Crippen molar-refractivity contribution in [2.75, 3.05) is 26.2 Å². The summed E-state index contributed by atoms with van der Waals surface area (Å²) in [5.41, 5.74) is 0. The second kappa shape index (κ2) is 11.7. The molecule has 1 heterocycles. The largest absolute Gasteiger partial charge is 0.393 e. The summed E-state index contributed by atoms with van der Waals surface area (Å²) in [6.07, 6.45) is 12.6. The van der Waals surface area contributed by atoms with Crippen LogP contribution in [0.15, 0.2) is 4.99 Å². The van der Waals surface area contributed by atoms with Crippen molar-refractivity contribution in [3.8, 4) is 0 Å². The highest BCUT2D eigenvalue weighted by Gasteiger charge is 2.28. The van der Waals surface area contributed by atoms with E-state index in [0.717, 1.165) is 50.9 Å². The zero-order chi connectivity index (χ0) is 17.5. The summed E-state index contributed by atoms with van der Waals surface area (Å²) >= 11 is 0. The highest BCUT2D eigenvalue weighted by atomic mass is 127. The van der Waals surface area contributed by atoms with Gasteiger partial charge in [-0.1, -0.05) is 25.7 Å². The summed E-state index contributed by atoms with van der Waals surface area (Å²) in [5, 5.41) is 17.1. The molecule has 3 N–H and O–H groups in total. The zero-order valence-electron chi connectivity index (χ0n) is 16.5. The third-order valence-electron chi connectivity index (χ3n) is 6.33. The van der Waals surface area contributed by atoms with Crippen LogP contribution in [-0.2, 0) is 0 Å². The maximum absolute atomic E-state index is 10.0. The second-order valence-electron chi connectivity index (χ2n) is 8.25. The maximum atomic E-state index is 10.0. The van der Waals surface area contributed by atoms with Crippen LogP contribution < -0.4 is 10.6 Å².